The van der Waals surface area contributed by atoms with Gasteiger partial charge in [-0.25, -0.2) is 17.9 Å². The Labute approximate surface area is 148 Å². The fourth-order valence-electron chi connectivity index (χ4n) is 1.06. The molecule has 15 heteroatoms. The highest BCUT2D eigenvalue weighted by Crippen LogP contribution is 2.54. The van der Waals surface area contributed by atoms with Crippen molar-refractivity contribution in [1.29, 1.82) is 0 Å². The standard InChI is InChI=1S/C6H6F9NO2S.C6H10O2/c1-2-16-19(17,18)6(14,15)4(9,10)3(7,8)5(11,12)13;1-4-8-6(7)5(2)3/h16H,2H2,1H3;2,4H2,1,3H3. The number of halogens is 9. The fraction of sp³-hybridized carbons (Fsp3) is 0.750. The molecular formula is C12H16F9NO4S. The van der Waals surface area contributed by atoms with E-state index >= 15 is 0 Å². The second-order valence-electron chi connectivity index (χ2n) is 4.67. The molecule has 0 radical (unpaired) electrons. The van der Waals surface area contributed by atoms with Crippen LogP contribution in [0.15, 0.2) is 12.2 Å². The lowest BCUT2D eigenvalue weighted by molar-refractivity contribution is -0.382. The van der Waals surface area contributed by atoms with Crippen molar-refractivity contribution in [3.05, 3.63) is 12.2 Å². The van der Waals surface area contributed by atoms with Gasteiger partial charge < -0.3 is 4.74 Å². The molecule has 0 atom stereocenters. The number of alkyl halides is 9. The molecule has 0 aromatic heterocycles. The second kappa shape index (κ2) is 9.12. The van der Waals surface area contributed by atoms with E-state index in [1.165, 1.54) is 0 Å². The predicted octanol–water partition coefficient (Wildman–Crippen LogP) is 3.48. The van der Waals surface area contributed by atoms with Crippen molar-refractivity contribution in [3.8, 4) is 0 Å². The average molecular weight is 441 g/mol. The van der Waals surface area contributed by atoms with Crippen LogP contribution in [0, 0.1) is 0 Å². The zero-order valence-electron chi connectivity index (χ0n) is 14.1. The molecule has 0 unspecified atom stereocenters. The quantitative estimate of drug-likeness (QED) is 0.373. The number of rotatable bonds is 7. The Morgan fingerprint density at radius 3 is 1.59 bits per heavy atom. The minimum atomic E-state index is -7.23. The first-order valence-electron chi connectivity index (χ1n) is 6.76. The highest BCUT2D eigenvalue weighted by atomic mass is 32.2. The molecule has 0 saturated heterocycles. The zero-order valence-corrected chi connectivity index (χ0v) is 14.9. The van der Waals surface area contributed by atoms with Crippen LogP contribution < -0.4 is 4.72 Å². The topological polar surface area (TPSA) is 72.5 Å². The van der Waals surface area contributed by atoms with E-state index < -0.39 is 39.8 Å². The Bertz CT molecular complexity index is 629. The van der Waals surface area contributed by atoms with Crippen molar-refractivity contribution in [3.63, 3.8) is 0 Å². The smallest absolute Gasteiger partial charge is 0.460 e. The molecule has 0 heterocycles. The molecule has 0 aromatic carbocycles. The first-order chi connectivity index (χ1) is 11.7. The molecule has 162 valence electrons. The Morgan fingerprint density at radius 2 is 1.37 bits per heavy atom. The number of ether oxygens (including phenoxy) is 1. The van der Waals surface area contributed by atoms with Crippen LogP contribution in [0.1, 0.15) is 20.8 Å². The van der Waals surface area contributed by atoms with Crippen molar-refractivity contribution < 1.29 is 57.5 Å². The van der Waals surface area contributed by atoms with Crippen LogP contribution in [-0.4, -0.2) is 50.8 Å². The van der Waals surface area contributed by atoms with Gasteiger partial charge in [-0.1, -0.05) is 13.5 Å². The minimum absolute atomic E-state index is 0.312. The van der Waals surface area contributed by atoms with Crippen LogP contribution in [-0.2, 0) is 19.6 Å². The van der Waals surface area contributed by atoms with Crippen molar-refractivity contribution in [2.45, 2.75) is 44.0 Å². The van der Waals surface area contributed by atoms with Gasteiger partial charge in [-0.15, -0.1) is 0 Å². The van der Waals surface area contributed by atoms with Gasteiger partial charge in [-0.3, -0.25) is 0 Å². The number of hydrogen-bond donors (Lipinski definition) is 1. The van der Waals surface area contributed by atoms with Crippen LogP contribution in [0.25, 0.3) is 0 Å². The zero-order chi connectivity index (χ0) is 22.5. The third-order valence-electron chi connectivity index (χ3n) is 2.41. The number of carbonyl (C=O) groups is 1. The summed E-state index contributed by atoms with van der Waals surface area (Å²) in [6, 6.07) is 0. The lowest BCUT2D eigenvalue weighted by Crippen LogP contribution is -2.64. The summed E-state index contributed by atoms with van der Waals surface area (Å²) >= 11 is 0. The SMILES string of the molecule is C=C(C)C(=O)OCC.CCNS(=O)(=O)C(F)(F)C(F)(F)C(F)(F)C(F)(F)F. The summed E-state index contributed by atoms with van der Waals surface area (Å²) in [4.78, 5) is 10.4. The Balaban J connectivity index is 0. The molecule has 0 spiro atoms. The van der Waals surface area contributed by atoms with E-state index in [-0.39, 0.29) is 5.97 Å². The molecule has 0 aliphatic rings. The molecule has 1 N–H and O–H groups in total. The molecule has 0 aliphatic carbocycles. The minimum Gasteiger partial charge on any atom is -0.463 e. The summed E-state index contributed by atoms with van der Waals surface area (Å²) in [5.41, 5.74) is 0.451. The molecule has 0 rings (SSSR count). The molecule has 5 nitrogen and oxygen atoms in total. The van der Waals surface area contributed by atoms with E-state index in [1.54, 1.807) is 13.8 Å². The molecular weight excluding hydrogens is 425 g/mol. The summed E-state index contributed by atoms with van der Waals surface area (Å²) in [7, 11) is -6.42. The maximum atomic E-state index is 12.8. The molecule has 0 fully saturated rings. The first kappa shape index (κ1) is 27.7. The number of carbonyl (C=O) groups excluding carboxylic acids is 1. The number of hydrogen-bond acceptors (Lipinski definition) is 4. The van der Waals surface area contributed by atoms with Gasteiger partial charge in [-0.05, 0) is 13.8 Å². The average Bonchev–Trinajstić information content (AvgIpc) is 2.46. The molecule has 27 heavy (non-hydrogen) atoms. The maximum Gasteiger partial charge on any atom is 0.460 e. The summed E-state index contributed by atoms with van der Waals surface area (Å²) < 4.78 is 137. The molecule has 0 aromatic rings. The van der Waals surface area contributed by atoms with Gasteiger partial charge in [0.2, 0.25) is 0 Å². The van der Waals surface area contributed by atoms with Crippen LogP contribution >= 0.6 is 0 Å². The van der Waals surface area contributed by atoms with E-state index in [2.05, 4.69) is 11.3 Å². The van der Waals surface area contributed by atoms with Gasteiger partial charge >= 0.3 is 29.2 Å². The van der Waals surface area contributed by atoms with Gasteiger partial charge in [0, 0.05) is 12.1 Å². The van der Waals surface area contributed by atoms with E-state index in [1.807, 2.05) is 0 Å². The van der Waals surface area contributed by atoms with Crippen LogP contribution in [0.2, 0.25) is 0 Å². The van der Waals surface area contributed by atoms with Gasteiger partial charge in [0.05, 0.1) is 6.61 Å². The van der Waals surface area contributed by atoms with Crippen LogP contribution in [0.5, 0.6) is 0 Å². The number of nitrogens with one attached hydrogen (secondary N) is 1. The van der Waals surface area contributed by atoms with E-state index in [4.69, 9.17) is 0 Å². The Morgan fingerprint density at radius 1 is 0.963 bits per heavy atom. The normalized spacial score (nSPS) is 13.5. The maximum absolute atomic E-state index is 12.8. The second-order valence-corrected chi connectivity index (χ2v) is 6.47. The lowest BCUT2D eigenvalue weighted by atomic mass is 10.1. The van der Waals surface area contributed by atoms with Gasteiger partial charge in [0.15, 0.2) is 0 Å². The van der Waals surface area contributed by atoms with E-state index in [0.717, 1.165) is 11.6 Å². The fourth-order valence-corrected chi connectivity index (χ4v) is 2.09. The van der Waals surface area contributed by atoms with Crippen molar-refractivity contribution >= 4 is 16.0 Å². The monoisotopic (exact) mass is 441 g/mol. The van der Waals surface area contributed by atoms with Crippen LogP contribution in [0.3, 0.4) is 0 Å². The molecule has 0 bridgehead atoms. The number of esters is 1. The van der Waals surface area contributed by atoms with Crippen molar-refractivity contribution in [2.24, 2.45) is 0 Å². The summed E-state index contributed by atoms with van der Waals surface area (Å²) in [6.45, 7) is 7.13. The van der Waals surface area contributed by atoms with Crippen molar-refractivity contribution in [2.75, 3.05) is 13.2 Å². The Kier molecular flexibility index (Phi) is 9.36. The lowest BCUT2D eigenvalue weighted by Gasteiger charge is -2.32. The molecule has 0 amide bonds. The summed E-state index contributed by atoms with van der Waals surface area (Å²) in [6.07, 6.45) is -7.05. The number of sulfonamides is 1. The third-order valence-corrected chi connectivity index (χ3v) is 4.01. The van der Waals surface area contributed by atoms with Gasteiger partial charge in [0.25, 0.3) is 10.0 Å². The van der Waals surface area contributed by atoms with E-state index in [0.29, 0.717) is 12.2 Å². The first-order valence-corrected chi connectivity index (χ1v) is 8.24. The summed E-state index contributed by atoms with van der Waals surface area (Å²) in [5, 5.41) is -6.66. The molecule has 0 saturated carbocycles. The van der Waals surface area contributed by atoms with Gasteiger partial charge in [-0.2, -0.15) is 39.5 Å². The van der Waals surface area contributed by atoms with Crippen molar-refractivity contribution in [1.82, 2.24) is 4.72 Å². The van der Waals surface area contributed by atoms with Crippen LogP contribution in [0.4, 0.5) is 39.5 Å². The predicted molar refractivity (Wildman–Crippen MR) is 74.9 cm³/mol. The molecule has 0 aliphatic heterocycles. The Hall–Kier alpha value is -1.51. The highest BCUT2D eigenvalue weighted by Gasteiger charge is 2.85. The largest absolute Gasteiger partial charge is 0.463 e. The van der Waals surface area contributed by atoms with Gasteiger partial charge in [0.1, 0.15) is 0 Å². The van der Waals surface area contributed by atoms with E-state index in [9.17, 15) is 52.7 Å². The third kappa shape index (κ3) is 5.99. The summed E-state index contributed by atoms with van der Waals surface area (Å²) in [5.74, 6) is -14.7. The highest BCUT2D eigenvalue weighted by molar-refractivity contribution is 7.90.